The van der Waals surface area contributed by atoms with Crippen LogP contribution < -0.4 is 10.2 Å². The summed E-state index contributed by atoms with van der Waals surface area (Å²) in [6.07, 6.45) is 1.34. The highest BCUT2D eigenvalue weighted by molar-refractivity contribution is 5.97. The van der Waals surface area contributed by atoms with Gasteiger partial charge in [-0.15, -0.1) is 0 Å². The van der Waals surface area contributed by atoms with Crippen LogP contribution in [0.2, 0.25) is 0 Å². The van der Waals surface area contributed by atoms with E-state index >= 15 is 0 Å². The zero-order chi connectivity index (χ0) is 19.2. The van der Waals surface area contributed by atoms with E-state index in [4.69, 9.17) is 4.74 Å². The highest BCUT2D eigenvalue weighted by atomic mass is 16.5. The van der Waals surface area contributed by atoms with Crippen LogP contribution in [0.3, 0.4) is 0 Å². The molecule has 0 spiro atoms. The summed E-state index contributed by atoms with van der Waals surface area (Å²) in [7, 11) is 0. The lowest BCUT2D eigenvalue weighted by Gasteiger charge is -2.16. The van der Waals surface area contributed by atoms with Gasteiger partial charge < -0.3 is 15.0 Å². The summed E-state index contributed by atoms with van der Waals surface area (Å²) in [5, 5.41) is 2.80. The molecule has 0 radical (unpaired) electrons. The summed E-state index contributed by atoms with van der Waals surface area (Å²) < 4.78 is 5.12. The number of esters is 1. The van der Waals surface area contributed by atoms with Crippen molar-refractivity contribution in [2.24, 2.45) is 0 Å². The third-order valence-electron chi connectivity index (χ3n) is 4.48. The molecular formula is C21H22N2O4. The molecule has 0 aromatic heterocycles. The number of nitrogens with zero attached hydrogens (tertiary/aromatic N) is 1. The van der Waals surface area contributed by atoms with Gasteiger partial charge in [0.2, 0.25) is 5.91 Å². The third-order valence-corrected chi connectivity index (χ3v) is 4.48. The molecule has 1 fully saturated rings. The average molecular weight is 366 g/mol. The topological polar surface area (TPSA) is 75.7 Å². The first-order chi connectivity index (χ1) is 13.0. The fraction of sp³-hybridized carbons (Fsp3) is 0.286. The maximum absolute atomic E-state index is 12.2. The van der Waals surface area contributed by atoms with E-state index in [0.717, 1.165) is 12.0 Å². The maximum Gasteiger partial charge on any atom is 0.338 e. The molecule has 140 valence electrons. The number of ether oxygens (including phenoxy) is 1. The van der Waals surface area contributed by atoms with E-state index in [1.54, 1.807) is 29.2 Å². The summed E-state index contributed by atoms with van der Waals surface area (Å²) in [5.74, 6) is -0.911. The number of hydrogen-bond acceptors (Lipinski definition) is 4. The minimum atomic E-state index is -0.592. The Kier molecular flexibility index (Phi) is 5.86. The van der Waals surface area contributed by atoms with Crippen molar-refractivity contribution in [3.8, 4) is 0 Å². The number of amides is 2. The molecule has 6 heteroatoms. The fourth-order valence-electron chi connectivity index (χ4n) is 3.04. The standard InChI is InChI=1S/C21H22N2O4/c1-15(16-7-3-2-4-8-16)22-19(24)14-27-21(26)17-9-5-10-18(13-17)23-12-6-11-20(23)25/h2-5,7-10,13,15H,6,11-12,14H2,1H3,(H,22,24)/t15-/m0/s1. The van der Waals surface area contributed by atoms with Gasteiger partial charge in [0.1, 0.15) is 0 Å². The SMILES string of the molecule is C[C@H](NC(=O)COC(=O)c1cccc(N2CCCC2=O)c1)c1ccccc1. The Morgan fingerprint density at radius 1 is 1.15 bits per heavy atom. The Balaban J connectivity index is 1.54. The van der Waals surface area contributed by atoms with E-state index in [1.807, 2.05) is 37.3 Å². The summed E-state index contributed by atoms with van der Waals surface area (Å²) in [6, 6.07) is 16.1. The van der Waals surface area contributed by atoms with Gasteiger partial charge in [0.15, 0.2) is 6.61 Å². The first kappa shape index (κ1) is 18.6. The maximum atomic E-state index is 12.2. The second-order valence-corrected chi connectivity index (χ2v) is 6.48. The van der Waals surface area contributed by atoms with E-state index in [2.05, 4.69) is 5.32 Å². The van der Waals surface area contributed by atoms with E-state index in [0.29, 0.717) is 24.2 Å². The summed E-state index contributed by atoms with van der Waals surface area (Å²) in [5.41, 5.74) is 1.96. The fourth-order valence-corrected chi connectivity index (χ4v) is 3.04. The first-order valence-electron chi connectivity index (χ1n) is 8.96. The van der Waals surface area contributed by atoms with Crippen LogP contribution >= 0.6 is 0 Å². The summed E-state index contributed by atoms with van der Waals surface area (Å²) >= 11 is 0. The highest BCUT2D eigenvalue weighted by Gasteiger charge is 2.22. The quantitative estimate of drug-likeness (QED) is 0.798. The Hall–Kier alpha value is -3.15. The number of nitrogens with one attached hydrogen (secondary N) is 1. The smallest absolute Gasteiger partial charge is 0.338 e. The van der Waals surface area contributed by atoms with Crippen molar-refractivity contribution in [2.75, 3.05) is 18.1 Å². The normalized spacial score (nSPS) is 14.7. The van der Waals surface area contributed by atoms with Gasteiger partial charge in [-0.3, -0.25) is 9.59 Å². The molecule has 1 aliphatic heterocycles. The number of anilines is 1. The molecular weight excluding hydrogens is 344 g/mol. The van der Waals surface area contributed by atoms with Crippen LogP contribution in [0.5, 0.6) is 0 Å². The predicted molar refractivity (Wildman–Crippen MR) is 101 cm³/mol. The van der Waals surface area contributed by atoms with Crippen molar-refractivity contribution in [1.29, 1.82) is 0 Å². The number of carbonyl (C=O) groups excluding carboxylic acids is 3. The van der Waals surface area contributed by atoms with Gasteiger partial charge in [-0.2, -0.15) is 0 Å². The predicted octanol–water partition coefficient (Wildman–Crippen LogP) is 2.85. The van der Waals surface area contributed by atoms with E-state index in [9.17, 15) is 14.4 Å². The Morgan fingerprint density at radius 2 is 1.93 bits per heavy atom. The molecule has 1 saturated heterocycles. The number of carbonyl (C=O) groups is 3. The lowest BCUT2D eigenvalue weighted by molar-refractivity contribution is -0.124. The number of rotatable bonds is 6. The summed E-state index contributed by atoms with van der Waals surface area (Å²) in [6.45, 7) is 2.16. The van der Waals surface area contributed by atoms with Gasteiger partial charge in [0.25, 0.3) is 5.91 Å². The van der Waals surface area contributed by atoms with Crippen molar-refractivity contribution in [3.63, 3.8) is 0 Å². The van der Waals surface area contributed by atoms with Crippen LogP contribution in [0.1, 0.15) is 41.7 Å². The van der Waals surface area contributed by atoms with Gasteiger partial charge in [-0.1, -0.05) is 36.4 Å². The van der Waals surface area contributed by atoms with Gasteiger partial charge in [-0.05, 0) is 37.1 Å². The molecule has 6 nitrogen and oxygen atoms in total. The molecule has 1 aliphatic rings. The van der Waals surface area contributed by atoms with Crippen LogP contribution in [-0.2, 0) is 14.3 Å². The van der Waals surface area contributed by atoms with Crippen LogP contribution in [0.4, 0.5) is 5.69 Å². The molecule has 27 heavy (non-hydrogen) atoms. The number of benzene rings is 2. The lowest BCUT2D eigenvalue weighted by Crippen LogP contribution is -2.31. The molecule has 1 atom stereocenters. The molecule has 2 aromatic rings. The van der Waals surface area contributed by atoms with Gasteiger partial charge in [0.05, 0.1) is 11.6 Å². The minimum Gasteiger partial charge on any atom is -0.452 e. The van der Waals surface area contributed by atoms with Crippen LogP contribution in [-0.4, -0.2) is 30.9 Å². The Morgan fingerprint density at radius 3 is 2.63 bits per heavy atom. The van der Waals surface area contributed by atoms with Gasteiger partial charge in [0, 0.05) is 18.7 Å². The van der Waals surface area contributed by atoms with Crippen molar-refractivity contribution in [1.82, 2.24) is 5.32 Å². The number of hydrogen-bond donors (Lipinski definition) is 1. The van der Waals surface area contributed by atoms with Crippen molar-refractivity contribution >= 4 is 23.5 Å². The van der Waals surface area contributed by atoms with Crippen LogP contribution in [0.15, 0.2) is 54.6 Å². The molecule has 1 N–H and O–H groups in total. The highest BCUT2D eigenvalue weighted by Crippen LogP contribution is 2.22. The van der Waals surface area contributed by atoms with Crippen LogP contribution in [0.25, 0.3) is 0 Å². The van der Waals surface area contributed by atoms with Gasteiger partial charge in [-0.25, -0.2) is 4.79 Å². The van der Waals surface area contributed by atoms with Crippen molar-refractivity contribution < 1.29 is 19.1 Å². The van der Waals surface area contributed by atoms with E-state index in [1.165, 1.54) is 0 Å². The third kappa shape index (κ3) is 4.73. The molecule has 2 amide bonds. The largest absolute Gasteiger partial charge is 0.452 e. The second kappa shape index (κ2) is 8.49. The van der Waals surface area contributed by atoms with Crippen LogP contribution in [0, 0.1) is 0 Å². The molecule has 1 heterocycles. The van der Waals surface area contributed by atoms with Crippen molar-refractivity contribution in [3.05, 3.63) is 65.7 Å². The zero-order valence-corrected chi connectivity index (χ0v) is 15.2. The first-order valence-corrected chi connectivity index (χ1v) is 8.96. The minimum absolute atomic E-state index is 0.0507. The monoisotopic (exact) mass is 366 g/mol. The average Bonchev–Trinajstić information content (AvgIpc) is 3.13. The zero-order valence-electron chi connectivity index (χ0n) is 15.2. The van der Waals surface area contributed by atoms with E-state index in [-0.39, 0.29) is 24.5 Å². The Labute approximate surface area is 158 Å². The summed E-state index contributed by atoms with van der Waals surface area (Å²) in [4.78, 5) is 37.8. The molecule has 3 rings (SSSR count). The van der Waals surface area contributed by atoms with Crippen molar-refractivity contribution in [2.45, 2.75) is 25.8 Å². The molecule has 0 unspecified atom stereocenters. The van der Waals surface area contributed by atoms with E-state index < -0.39 is 5.97 Å². The molecule has 0 saturated carbocycles. The lowest BCUT2D eigenvalue weighted by atomic mass is 10.1. The second-order valence-electron chi connectivity index (χ2n) is 6.48. The molecule has 0 bridgehead atoms. The molecule has 2 aromatic carbocycles. The molecule has 0 aliphatic carbocycles. The Bertz CT molecular complexity index is 835. The van der Waals surface area contributed by atoms with Gasteiger partial charge >= 0.3 is 5.97 Å².